The Balaban J connectivity index is 2.94. The van der Waals surface area contributed by atoms with Crippen molar-refractivity contribution in [3.63, 3.8) is 0 Å². The second-order valence-corrected chi connectivity index (χ2v) is 5.47. The summed E-state index contributed by atoms with van der Waals surface area (Å²) in [5.41, 5.74) is 3.19. The molecule has 0 radical (unpaired) electrons. The van der Waals surface area contributed by atoms with Gasteiger partial charge in [0.1, 0.15) is 0 Å². The Morgan fingerprint density at radius 2 is 2.00 bits per heavy atom. The molecular weight excluding hydrogens is 264 g/mol. The van der Waals surface area contributed by atoms with E-state index in [1.807, 2.05) is 13.0 Å². The van der Waals surface area contributed by atoms with Crippen LogP contribution >= 0.6 is 0 Å². The third-order valence-corrected chi connectivity index (χ3v) is 3.34. The smallest absolute Gasteiger partial charge is 0.328 e. The highest BCUT2D eigenvalue weighted by atomic mass is 16.4. The van der Waals surface area contributed by atoms with Gasteiger partial charge < -0.3 is 14.9 Å². The SMILES string of the molecule is CCN(CCCN(C)C)c1ccc(C)cc1/C=C/C(=O)O. The van der Waals surface area contributed by atoms with Gasteiger partial charge in [-0.3, -0.25) is 0 Å². The average Bonchev–Trinajstić information content (AvgIpc) is 2.42. The van der Waals surface area contributed by atoms with Crippen LogP contribution in [-0.4, -0.2) is 49.7 Å². The Bertz CT molecular complexity index is 496. The molecule has 0 saturated heterocycles. The molecule has 1 aromatic rings. The molecule has 0 spiro atoms. The molecule has 0 amide bonds. The monoisotopic (exact) mass is 290 g/mol. The standard InChI is InChI=1S/C17H26N2O2/c1-5-19(12-6-11-18(3)4)16-9-7-14(2)13-15(16)8-10-17(20)21/h7-10,13H,5-6,11-12H2,1-4H3,(H,20,21)/b10-8+. The first-order valence-corrected chi connectivity index (χ1v) is 7.35. The van der Waals surface area contributed by atoms with Crippen LogP contribution < -0.4 is 4.90 Å². The third kappa shape index (κ3) is 6.00. The first kappa shape index (κ1) is 17.2. The quantitative estimate of drug-likeness (QED) is 0.748. The molecule has 0 heterocycles. The predicted octanol–water partition coefficient (Wildman–Crippen LogP) is 2.87. The summed E-state index contributed by atoms with van der Waals surface area (Å²) in [6, 6.07) is 6.18. The number of hydrogen-bond acceptors (Lipinski definition) is 3. The van der Waals surface area contributed by atoms with Crippen LogP contribution in [0.15, 0.2) is 24.3 Å². The maximum absolute atomic E-state index is 10.7. The van der Waals surface area contributed by atoms with Crippen molar-refractivity contribution in [3.05, 3.63) is 35.4 Å². The summed E-state index contributed by atoms with van der Waals surface area (Å²) in [6.07, 6.45) is 3.96. The Morgan fingerprint density at radius 1 is 1.29 bits per heavy atom. The van der Waals surface area contributed by atoms with Crippen LogP contribution in [0.1, 0.15) is 24.5 Å². The third-order valence-electron chi connectivity index (χ3n) is 3.34. The second-order valence-electron chi connectivity index (χ2n) is 5.47. The molecule has 0 aliphatic heterocycles. The van der Waals surface area contributed by atoms with E-state index >= 15 is 0 Å². The number of carboxylic acids is 1. The number of carbonyl (C=O) groups is 1. The summed E-state index contributed by atoms with van der Waals surface area (Å²) >= 11 is 0. The van der Waals surface area contributed by atoms with Crippen molar-refractivity contribution in [2.45, 2.75) is 20.3 Å². The Kier molecular flexibility index (Phi) is 6.96. The second kappa shape index (κ2) is 8.47. The van der Waals surface area contributed by atoms with Crippen LogP contribution in [0.25, 0.3) is 6.08 Å². The van der Waals surface area contributed by atoms with Crippen LogP contribution in [0.2, 0.25) is 0 Å². The molecule has 0 bridgehead atoms. The fourth-order valence-corrected chi connectivity index (χ4v) is 2.28. The van der Waals surface area contributed by atoms with Gasteiger partial charge >= 0.3 is 5.97 Å². The molecule has 21 heavy (non-hydrogen) atoms. The number of carboxylic acid groups (broad SMARTS) is 1. The highest BCUT2D eigenvalue weighted by Crippen LogP contribution is 2.23. The fraction of sp³-hybridized carbons (Fsp3) is 0.471. The van der Waals surface area contributed by atoms with Gasteiger partial charge in [0.15, 0.2) is 0 Å². The van der Waals surface area contributed by atoms with Gasteiger partial charge in [-0.1, -0.05) is 11.6 Å². The number of aryl methyl sites for hydroxylation is 1. The summed E-state index contributed by atoms with van der Waals surface area (Å²) in [4.78, 5) is 15.2. The van der Waals surface area contributed by atoms with Crippen molar-refractivity contribution in [1.82, 2.24) is 4.90 Å². The first-order valence-electron chi connectivity index (χ1n) is 7.35. The molecule has 4 heteroatoms. The predicted molar refractivity (Wildman–Crippen MR) is 88.9 cm³/mol. The molecule has 0 aliphatic rings. The van der Waals surface area contributed by atoms with Gasteiger partial charge in [0.2, 0.25) is 0 Å². The minimum Gasteiger partial charge on any atom is -0.478 e. The molecule has 0 atom stereocenters. The van der Waals surface area contributed by atoms with Crippen molar-refractivity contribution in [2.75, 3.05) is 38.6 Å². The lowest BCUT2D eigenvalue weighted by Crippen LogP contribution is -2.27. The average molecular weight is 290 g/mol. The minimum absolute atomic E-state index is 0.907. The lowest BCUT2D eigenvalue weighted by molar-refractivity contribution is -0.131. The van der Waals surface area contributed by atoms with E-state index in [2.05, 4.69) is 43.0 Å². The molecule has 0 fully saturated rings. The zero-order chi connectivity index (χ0) is 15.8. The van der Waals surface area contributed by atoms with Gasteiger partial charge in [-0.25, -0.2) is 4.79 Å². The van der Waals surface area contributed by atoms with Crippen LogP contribution in [0.3, 0.4) is 0 Å². The first-order chi connectivity index (χ1) is 9.93. The van der Waals surface area contributed by atoms with Gasteiger partial charge in [0.05, 0.1) is 0 Å². The fourth-order valence-electron chi connectivity index (χ4n) is 2.28. The normalized spacial score (nSPS) is 11.3. The zero-order valence-corrected chi connectivity index (χ0v) is 13.5. The molecule has 1 N–H and O–H groups in total. The number of rotatable bonds is 8. The topological polar surface area (TPSA) is 43.8 Å². The number of hydrogen-bond donors (Lipinski definition) is 1. The maximum Gasteiger partial charge on any atom is 0.328 e. The highest BCUT2D eigenvalue weighted by molar-refractivity contribution is 5.87. The van der Waals surface area contributed by atoms with E-state index in [1.165, 1.54) is 6.08 Å². The van der Waals surface area contributed by atoms with E-state index in [4.69, 9.17) is 5.11 Å². The van der Waals surface area contributed by atoms with Crippen molar-refractivity contribution in [2.24, 2.45) is 0 Å². The van der Waals surface area contributed by atoms with Gasteiger partial charge in [0.25, 0.3) is 0 Å². The van der Waals surface area contributed by atoms with E-state index in [9.17, 15) is 4.79 Å². The van der Waals surface area contributed by atoms with Crippen LogP contribution in [-0.2, 0) is 4.79 Å². The highest BCUT2D eigenvalue weighted by Gasteiger charge is 2.09. The van der Waals surface area contributed by atoms with E-state index in [1.54, 1.807) is 6.08 Å². The van der Waals surface area contributed by atoms with Gasteiger partial charge in [0, 0.05) is 24.9 Å². The molecule has 1 aromatic carbocycles. The van der Waals surface area contributed by atoms with E-state index < -0.39 is 5.97 Å². The number of aliphatic carboxylic acids is 1. The van der Waals surface area contributed by atoms with Gasteiger partial charge in [-0.2, -0.15) is 0 Å². The Labute approximate surface area is 127 Å². The molecule has 4 nitrogen and oxygen atoms in total. The van der Waals surface area contributed by atoms with Crippen molar-refractivity contribution in [3.8, 4) is 0 Å². The largest absolute Gasteiger partial charge is 0.478 e. The number of benzene rings is 1. The summed E-state index contributed by atoms with van der Waals surface area (Å²) in [5.74, 6) is -0.918. The van der Waals surface area contributed by atoms with E-state index in [0.717, 1.165) is 42.9 Å². The molecule has 116 valence electrons. The molecule has 0 aliphatic carbocycles. The number of nitrogens with zero attached hydrogens (tertiary/aromatic N) is 2. The molecular formula is C17H26N2O2. The summed E-state index contributed by atoms with van der Waals surface area (Å²) in [7, 11) is 4.15. The van der Waals surface area contributed by atoms with Crippen LogP contribution in [0.5, 0.6) is 0 Å². The maximum atomic E-state index is 10.7. The van der Waals surface area contributed by atoms with Gasteiger partial charge in [-0.05, 0) is 64.7 Å². The molecule has 0 unspecified atom stereocenters. The van der Waals surface area contributed by atoms with E-state index in [0.29, 0.717) is 0 Å². The Hall–Kier alpha value is -1.81. The molecule has 1 rings (SSSR count). The summed E-state index contributed by atoms with van der Waals surface area (Å²) in [6.45, 7) is 7.06. The van der Waals surface area contributed by atoms with Crippen molar-refractivity contribution in [1.29, 1.82) is 0 Å². The van der Waals surface area contributed by atoms with E-state index in [-0.39, 0.29) is 0 Å². The lowest BCUT2D eigenvalue weighted by Gasteiger charge is -2.26. The van der Waals surface area contributed by atoms with Crippen molar-refractivity contribution >= 4 is 17.7 Å². The summed E-state index contributed by atoms with van der Waals surface area (Å²) < 4.78 is 0. The molecule has 0 aromatic heterocycles. The molecule has 0 saturated carbocycles. The minimum atomic E-state index is -0.918. The van der Waals surface area contributed by atoms with Crippen molar-refractivity contribution < 1.29 is 9.90 Å². The lowest BCUT2D eigenvalue weighted by atomic mass is 10.1. The zero-order valence-electron chi connectivity index (χ0n) is 13.5. The Morgan fingerprint density at radius 3 is 2.57 bits per heavy atom. The summed E-state index contributed by atoms with van der Waals surface area (Å²) in [5, 5.41) is 8.83. The number of anilines is 1. The van der Waals surface area contributed by atoms with Gasteiger partial charge in [-0.15, -0.1) is 0 Å². The van der Waals surface area contributed by atoms with Crippen LogP contribution in [0, 0.1) is 6.92 Å². The van der Waals surface area contributed by atoms with Crippen LogP contribution in [0.4, 0.5) is 5.69 Å².